The minimum Gasteiger partial charge on any atom is -0.508 e. The first kappa shape index (κ1) is 16.2. The van der Waals surface area contributed by atoms with Gasteiger partial charge < -0.3 is 20.4 Å². The van der Waals surface area contributed by atoms with Gasteiger partial charge >= 0.3 is 0 Å². The lowest BCUT2D eigenvalue weighted by Crippen LogP contribution is -2.18. The minimum absolute atomic E-state index is 0.00225. The van der Waals surface area contributed by atoms with Crippen molar-refractivity contribution in [3.05, 3.63) is 47.5 Å². The van der Waals surface area contributed by atoms with Crippen LogP contribution in [0.15, 0.2) is 36.4 Å². The number of phenolic OH excluding ortho intramolecular Hbond substituents is 4. The van der Waals surface area contributed by atoms with Gasteiger partial charge in [-0.25, -0.2) is 0 Å². The van der Waals surface area contributed by atoms with Crippen molar-refractivity contribution in [3.63, 3.8) is 0 Å². The number of benzene rings is 2. The van der Waals surface area contributed by atoms with Gasteiger partial charge in [-0.2, -0.15) is 0 Å². The molecule has 2 atom stereocenters. The van der Waals surface area contributed by atoms with E-state index < -0.39 is 0 Å². The van der Waals surface area contributed by atoms with Gasteiger partial charge in [0.1, 0.15) is 28.8 Å². The van der Waals surface area contributed by atoms with E-state index in [-0.39, 0.29) is 40.6 Å². The number of hydrogen-bond acceptors (Lipinski definition) is 5. The van der Waals surface area contributed by atoms with Crippen molar-refractivity contribution < 1.29 is 25.2 Å². The van der Waals surface area contributed by atoms with Crippen LogP contribution in [0.4, 0.5) is 0 Å². The summed E-state index contributed by atoms with van der Waals surface area (Å²) in [5.74, 6) is -0.196. The molecule has 0 aliphatic heterocycles. The van der Waals surface area contributed by atoms with Crippen LogP contribution in [0.1, 0.15) is 24.0 Å². The molecule has 0 heterocycles. The molecule has 2 unspecified atom stereocenters. The van der Waals surface area contributed by atoms with E-state index in [1.807, 2.05) is 0 Å². The Kier molecular flexibility index (Phi) is 4.34. The second kappa shape index (κ2) is 6.43. The molecule has 3 rings (SSSR count). The minimum atomic E-state index is -0.162. The molecular weight excluding hydrogens is 308 g/mol. The number of hydrogen-bond donors (Lipinski definition) is 4. The molecule has 0 aromatic heterocycles. The normalized spacial score (nSPS) is 20.4. The fourth-order valence-corrected chi connectivity index (χ4v) is 3.41. The highest BCUT2D eigenvalue weighted by Gasteiger charge is 2.34. The number of ketones is 1. The topological polar surface area (TPSA) is 98.0 Å². The van der Waals surface area contributed by atoms with Gasteiger partial charge in [0.2, 0.25) is 0 Å². The van der Waals surface area contributed by atoms with Gasteiger partial charge in [-0.3, -0.25) is 4.79 Å². The number of carbonyl (C=O) groups excluding carboxylic acids is 1. The zero-order chi connectivity index (χ0) is 17.3. The van der Waals surface area contributed by atoms with E-state index >= 15 is 0 Å². The summed E-state index contributed by atoms with van der Waals surface area (Å²) in [6.45, 7) is 0. The Balaban J connectivity index is 1.68. The molecule has 1 saturated carbocycles. The first-order chi connectivity index (χ1) is 11.4. The molecule has 1 fully saturated rings. The second-order valence-electron chi connectivity index (χ2n) is 6.41. The van der Waals surface area contributed by atoms with Crippen LogP contribution in [0.3, 0.4) is 0 Å². The first-order valence-corrected chi connectivity index (χ1v) is 7.99. The van der Waals surface area contributed by atoms with Gasteiger partial charge in [-0.15, -0.1) is 0 Å². The van der Waals surface area contributed by atoms with Crippen molar-refractivity contribution in [2.24, 2.45) is 11.8 Å². The van der Waals surface area contributed by atoms with Crippen molar-refractivity contribution in [1.29, 1.82) is 0 Å². The lowest BCUT2D eigenvalue weighted by molar-refractivity contribution is -0.123. The number of phenols is 4. The molecule has 5 nitrogen and oxygen atoms in total. The quantitative estimate of drug-likeness (QED) is 0.692. The summed E-state index contributed by atoms with van der Waals surface area (Å²) in [7, 11) is 0. The fourth-order valence-electron chi connectivity index (χ4n) is 3.41. The molecule has 126 valence electrons. The Labute approximate surface area is 139 Å². The average molecular weight is 328 g/mol. The zero-order valence-electron chi connectivity index (χ0n) is 13.1. The molecule has 0 spiro atoms. The first-order valence-electron chi connectivity index (χ1n) is 7.99. The van der Waals surface area contributed by atoms with E-state index in [0.29, 0.717) is 24.0 Å². The molecule has 0 amide bonds. The molecule has 0 radical (unpaired) electrons. The maximum absolute atomic E-state index is 12.6. The number of rotatable bonds is 4. The van der Waals surface area contributed by atoms with E-state index in [1.54, 1.807) is 12.1 Å². The predicted octanol–water partition coefficient (Wildman–Crippen LogP) is 2.89. The van der Waals surface area contributed by atoms with E-state index in [2.05, 4.69) is 0 Å². The lowest BCUT2D eigenvalue weighted by atomic mass is 9.92. The third-order valence-electron chi connectivity index (χ3n) is 4.74. The van der Waals surface area contributed by atoms with Gasteiger partial charge in [-0.1, -0.05) is 12.1 Å². The van der Waals surface area contributed by atoms with Crippen molar-refractivity contribution in [2.45, 2.75) is 25.7 Å². The van der Waals surface area contributed by atoms with Crippen LogP contribution >= 0.6 is 0 Å². The molecule has 0 bridgehead atoms. The van der Waals surface area contributed by atoms with Gasteiger partial charge in [0.15, 0.2) is 0 Å². The summed E-state index contributed by atoms with van der Waals surface area (Å²) in [5.41, 5.74) is 1.30. The van der Waals surface area contributed by atoms with Crippen LogP contribution in [0, 0.1) is 11.8 Å². The summed E-state index contributed by atoms with van der Waals surface area (Å²) in [6.07, 6.45) is 2.37. The van der Waals surface area contributed by atoms with Crippen LogP contribution in [-0.2, 0) is 17.6 Å². The van der Waals surface area contributed by atoms with Gasteiger partial charge in [0, 0.05) is 24.0 Å². The highest BCUT2D eigenvalue weighted by molar-refractivity contribution is 5.86. The Morgan fingerprint density at radius 1 is 0.750 bits per heavy atom. The maximum atomic E-state index is 12.6. The van der Waals surface area contributed by atoms with Crippen LogP contribution < -0.4 is 0 Å². The van der Waals surface area contributed by atoms with Crippen LogP contribution in [-0.4, -0.2) is 26.2 Å². The van der Waals surface area contributed by atoms with Crippen LogP contribution in [0.25, 0.3) is 0 Å². The zero-order valence-corrected chi connectivity index (χ0v) is 13.1. The van der Waals surface area contributed by atoms with E-state index in [4.69, 9.17) is 0 Å². The Morgan fingerprint density at radius 3 is 1.54 bits per heavy atom. The number of carbonyl (C=O) groups is 1. The van der Waals surface area contributed by atoms with E-state index in [1.165, 1.54) is 24.3 Å². The summed E-state index contributed by atoms with van der Waals surface area (Å²) in [4.78, 5) is 12.6. The standard InChI is InChI=1S/C19H20O5/c20-15-5-3-11(17(22)9-15)7-13-1-2-14(19(13)24)8-12-4-6-16(21)10-18(12)23/h3-6,9-10,13-14,20-23H,1-2,7-8H2. The fraction of sp³-hybridized carbons (Fsp3) is 0.316. The number of Topliss-reactive ketones (excluding diaryl/α,β-unsaturated/α-hetero) is 1. The van der Waals surface area contributed by atoms with Crippen LogP contribution in [0.2, 0.25) is 0 Å². The molecule has 2 aromatic rings. The molecule has 24 heavy (non-hydrogen) atoms. The van der Waals surface area contributed by atoms with E-state index in [9.17, 15) is 25.2 Å². The SMILES string of the molecule is O=C1C(Cc2ccc(O)cc2O)CCC1Cc1ccc(O)cc1O. The predicted molar refractivity (Wildman–Crippen MR) is 88.2 cm³/mol. The monoisotopic (exact) mass is 328 g/mol. The maximum Gasteiger partial charge on any atom is 0.139 e. The Hall–Kier alpha value is -2.69. The lowest BCUT2D eigenvalue weighted by Gasteiger charge is -2.13. The average Bonchev–Trinajstić information content (AvgIpc) is 2.86. The highest BCUT2D eigenvalue weighted by atomic mass is 16.3. The third-order valence-corrected chi connectivity index (χ3v) is 4.74. The van der Waals surface area contributed by atoms with Gasteiger partial charge in [-0.05, 0) is 48.9 Å². The Bertz CT molecular complexity index is 705. The third kappa shape index (κ3) is 3.30. The molecule has 5 heteroatoms. The molecule has 1 aliphatic rings. The van der Waals surface area contributed by atoms with Crippen molar-refractivity contribution in [3.8, 4) is 23.0 Å². The Morgan fingerprint density at radius 2 is 1.17 bits per heavy atom. The molecule has 1 aliphatic carbocycles. The summed E-state index contributed by atoms with van der Waals surface area (Å²) in [5, 5.41) is 38.4. The van der Waals surface area contributed by atoms with Gasteiger partial charge in [0.25, 0.3) is 0 Å². The smallest absolute Gasteiger partial charge is 0.139 e. The van der Waals surface area contributed by atoms with Crippen molar-refractivity contribution >= 4 is 5.78 Å². The molecule has 0 saturated heterocycles. The van der Waals surface area contributed by atoms with Crippen molar-refractivity contribution in [2.75, 3.05) is 0 Å². The van der Waals surface area contributed by atoms with Crippen LogP contribution in [0.5, 0.6) is 23.0 Å². The summed E-state index contributed by atoms with van der Waals surface area (Å²) >= 11 is 0. The largest absolute Gasteiger partial charge is 0.508 e. The summed E-state index contributed by atoms with van der Waals surface area (Å²) < 4.78 is 0. The van der Waals surface area contributed by atoms with E-state index in [0.717, 1.165) is 12.8 Å². The molecule has 2 aromatic carbocycles. The highest BCUT2D eigenvalue weighted by Crippen LogP contribution is 2.36. The van der Waals surface area contributed by atoms with Gasteiger partial charge in [0.05, 0.1) is 0 Å². The summed E-state index contributed by atoms with van der Waals surface area (Å²) in [6, 6.07) is 8.83. The van der Waals surface area contributed by atoms with Crippen molar-refractivity contribution in [1.82, 2.24) is 0 Å². The molecule has 4 N–H and O–H groups in total. The second-order valence-corrected chi connectivity index (χ2v) is 6.41. The molecular formula is C19H20O5. The number of aromatic hydroxyl groups is 4.